The normalized spacial score (nSPS) is 35.3. The van der Waals surface area contributed by atoms with Gasteiger partial charge in [-0.05, 0) is 30.6 Å². The van der Waals surface area contributed by atoms with E-state index >= 15 is 0 Å². The topological polar surface area (TPSA) is 0 Å². The van der Waals surface area contributed by atoms with E-state index in [1.165, 1.54) is 38.5 Å². The van der Waals surface area contributed by atoms with Crippen LogP contribution < -0.4 is 0 Å². The maximum Gasteiger partial charge on any atom is 0 e. The fourth-order valence-electron chi connectivity index (χ4n) is 2.78. The molecule has 1 saturated carbocycles. The zero-order valence-electron chi connectivity index (χ0n) is 8.60. The second-order valence-electron chi connectivity index (χ2n) is 4.34. The molecule has 0 aromatic carbocycles. The van der Waals surface area contributed by atoms with Gasteiger partial charge in [-0.1, -0.05) is 39.2 Å². The van der Waals surface area contributed by atoms with Gasteiger partial charge in [0.2, 0.25) is 0 Å². The quantitative estimate of drug-likeness (QED) is 0.545. The minimum atomic E-state index is 0. The van der Waals surface area contributed by atoms with Gasteiger partial charge >= 0.3 is 0 Å². The lowest BCUT2D eigenvalue weighted by atomic mass is 9.73. The molecule has 0 radical (unpaired) electrons. The van der Waals surface area contributed by atoms with Crippen LogP contribution >= 0.6 is 0 Å². The molecule has 0 nitrogen and oxygen atoms in total. The highest BCUT2D eigenvalue weighted by atomic mass is 14.4. The molecule has 0 aromatic rings. The summed E-state index contributed by atoms with van der Waals surface area (Å²) in [6, 6.07) is 0. The standard InChI is InChI=1S/C12H22.H2/c1-4-6-9-12(5-2)10-7-8-11(12)3;/h4,11H,1,5-10H2,2-3H3;1H. The minimum absolute atomic E-state index is 0. The SMILES string of the molecule is C=CCCC1(CC)CCCC1C.[HH]. The first-order valence-corrected chi connectivity index (χ1v) is 5.36. The maximum absolute atomic E-state index is 3.81. The van der Waals surface area contributed by atoms with E-state index in [0.717, 1.165) is 5.92 Å². The van der Waals surface area contributed by atoms with Crippen molar-refractivity contribution in [3.05, 3.63) is 12.7 Å². The van der Waals surface area contributed by atoms with E-state index in [-0.39, 0.29) is 1.43 Å². The van der Waals surface area contributed by atoms with Crippen LogP contribution in [0.25, 0.3) is 0 Å². The van der Waals surface area contributed by atoms with Gasteiger partial charge < -0.3 is 0 Å². The van der Waals surface area contributed by atoms with E-state index in [4.69, 9.17) is 0 Å². The fraction of sp³-hybridized carbons (Fsp3) is 0.833. The van der Waals surface area contributed by atoms with Crippen molar-refractivity contribution < 1.29 is 1.43 Å². The van der Waals surface area contributed by atoms with Crippen molar-refractivity contribution in [2.75, 3.05) is 0 Å². The summed E-state index contributed by atoms with van der Waals surface area (Å²) in [5.41, 5.74) is 0.675. The van der Waals surface area contributed by atoms with Crippen molar-refractivity contribution in [3.63, 3.8) is 0 Å². The molecule has 12 heavy (non-hydrogen) atoms. The summed E-state index contributed by atoms with van der Waals surface area (Å²) < 4.78 is 0. The molecule has 0 bridgehead atoms. The van der Waals surface area contributed by atoms with Gasteiger partial charge in [-0.15, -0.1) is 6.58 Å². The van der Waals surface area contributed by atoms with E-state index in [2.05, 4.69) is 26.5 Å². The molecule has 1 aliphatic rings. The summed E-state index contributed by atoms with van der Waals surface area (Å²) in [7, 11) is 0. The van der Waals surface area contributed by atoms with Crippen molar-refractivity contribution in [1.29, 1.82) is 0 Å². The molecule has 72 valence electrons. The summed E-state index contributed by atoms with van der Waals surface area (Å²) in [5, 5.41) is 0. The maximum atomic E-state index is 3.81. The molecule has 0 heteroatoms. The van der Waals surface area contributed by atoms with Crippen LogP contribution in [0.5, 0.6) is 0 Å². The van der Waals surface area contributed by atoms with Crippen LogP contribution in [0.4, 0.5) is 0 Å². The van der Waals surface area contributed by atoms with Gasteiger partial charge in [0.05, 0.1) is 0 Å². The van der Waals surface area contributed by atoms with Crippen molar-refractivity contribution in [2.45, 2.75) is 52.4 Å². The van der Waals surface area contributed by atoms with Crippen LogP contribution in [0.1, 0.15) is 53.8 Å². The second kappa shape index (κ2) is 4.11. The molecular formula is C12H24. The molecule has 0 saturated heterocycles. The first-order valence-electron chi connectivity index (χ1n) is 5.36. The van der Waals surface area contributed by atoms with Crippen molar-refractivity contribution in [3.8, 4) is 0 Å². The van der Waals surface area contributed by atoms with E-state index < -0.39 is 0 Å². The van der Waals surface area contributed by atoms with E-state index in [9.17, 15) is 0 Å². The highest BCUT2D eigenvalue weighted by Crippen LogP contribution is 2.48. The lowest BCUT2D eigenvalue weighted by molar-refractivity contribution is 0.188. The third-order valence-corrected chi connectivity index (χ3v) is 3.91. The van der Waals surface area contributed by atoms with Gasteiger partial charge in [-0.25, -0.2) is 0 Å². The highest BCUT2D eigenvalue weighted by molar-refractivity contribution is 4.90. The number of allylic oxidation sites excluding steroid dienone is 1. The summed E-state index contributed by atoms with van der Waals surface area (Å²) in [5.74, 6) is 0.947. The summed E-state index contributed by atoms with van der Waals surface area (Å²) in [4.78, 5) is 0. The summed E-state index contributed by atoms with van der Waals surface area (Å²) >= 11 is 0. The Morgan fingerprint density at radius 1 is 1.67 bits per heavy atom. The molecule has 0 aliphatic heterocycles. The molecule has 2 atom stereocenters. The smallest absolute Gasteiger partial charge is 0 e. The van der Waals surface area contributed by atoms with Crippen molar-refractivity contribution >= 4 is 0 Å². The Labute approximate surface area is 78.5 Å². The Balaban J connectivity index is 0.00000144. The average Bonchev–Trinajstić information content (AvgIpc) is 2.45. The molecule has 0 spiro atoms. The molecule has 0 aromatic heterocycles. The molecular weight excluding hydrogens is 144 g/mol. The number of hydrogen-bond acceptors (Lipinski definition) is 0. The number of rotatable bonds is 4. The van der Waals surface area contributed by atoms with Crippen molar-refractivity contribution in [2.24, 2.45) is 11.3 Å². The zero-order chi connectivity index (χ0) is 9.03. The predicted octanol–water partition coefficient (Wildman–Crippen LogP) is 4.42. The number of hydrogen-bond donors (Lipinski definition) is 0. The highest BCUT2D eigenvalue weighted by Gasteiger charge is 2.37. The van der Waals surface area contributed by atoms with E-state index in [1.54, 1.807) is 0 Å². The third-order valence-electron chi connectivity index (χ3n) is 3.91. The Morgan fingerprint density at radius 2 is 2.42 bits per heavy atom. The van der Waals surface area contributed by atoms with Gasteiger partial charge in [-0.2, -0.15) is 0 Å². The Hall–Kier alpha value is -0.260. The van der Waals surface area contributed by atoms with Gasteiger partial charge in [0, 0.05) is 1.43 Å². The van der Waals surface area contributed by atoms with E-state index in [1.807, 2.05) is 0 Å². The Bertz CT molecular complexity index is 153. The van der Waals surface area contributed by atoms with Crippen LogP contribution in [0, 0.1) is 11.3 Å². The summed E-state index contributed by atoms with van der Waals surface area (Å²) in [6.07, 6.45) is 10.4. The fourth-order valence-corrected chi connectivity index (χ4v) is 2.78. The molecule has 0 amide bonds. The molecule has 2 unspecified atom stereocenters. The predicted molar refractivity (Wildman–Crippen MR) is 57.3 cm³/mol. The van der Waals surface area contributed by atoms with Gasteiger partial charge in [0.15, 0.2) is 0 Å². The largest absolute Gasteiger partial charge is 0.103 e. The first-order chi connectivity index (χ1) is 5.75. The Kier molecular flexibility index (Phi) is 3.37. The van der Waals surface area contributed by atoms with E-state index in [0.29, 0.717) is 5.41 Å². The molecule has 1 rings (SSSR count). The summed E-state index contributed by atoms with van der Waals surface area (Å²) in [6.45, 7) is 8.59. The molecule has 0 heterocycles. The first kappa shape index (κ1) is 9.83. The van der Waals surface area contributed by atoms with Gasteiger partial charge in [0.1, 0.15) is 0 Å². The molecule has 1 fully saturated rings. The minimum Gasteiger partial charge on any atom is -0.103 e. The van der Waals surface area contributed by atoms with Crippen LogP contribution in [0.3, 0.4) is 0 Å². The lowest BCUT2D eigenvalue weighted by Gasteiger charge is -2.32. The van der Waals surface area contributed by atoms with Gasteiger partial charge in [-0.3, -0.25) is 0 Å². The zero-order valence-corrected chi connectivity index (χ0v) is 8.60. The second-order valence-corrected chi connectivity index (χ2v) is 4.34. The molecule has 0 N–H and O–H groups in total. The van der Waals surface area contributed by atoms with Crippen LogP contribution in [-0.4, -0.2) is 0 Å². The van der Waals surface area contributed by atoms with Crippen molar-refractivity contribution in [1.82, 2.24) is 0 Å². The van der Waals surface area contributed by atoms with Gasteiger partial charge in [0.25, 0.3) is 0 Å². The van der Waals surface area contributed by atoms with Crippen LogP contribution in [-0.2, 0) is 0 Å². The lowest BCUT2D eigenvalue weighted by Crippen LogP contribution is -2.22. The molecule has 1 aliphatic carbocycles. The monoisotopic (exact) mass is 168 g/mol. The van der Waals surface area contributed by atoms with Crippen LogP contribution in [0.2, 0.25) is 0 Å². The third kappa shape index (κ3) is 1.73. The average molecular weight is 168 g/mol. The van der Waals surface area contributed by atoms with Crippen LogP contribution in [0.15, 0.2) is 12.7 Å². The Morgan fingerprint density at radius 3 is 2.83 bits per heavy atom.